The molecule has 168 valence electrons. The van der Waals surface area contributed by atoms with Crippen LogP contribution in [-0.2, 0) is 16.0 Å². The summed E-state index contributed by atoms with van der Waals surface area (Å²) < 4.78 is 0. The van der Waals surface area contributed by atoms with Gasteiger partial charge in [0.2, 0.25) is 5.91 Å². The smallest absolute Gasteiger partial charge is 0.305 e. The van der Waals surface area contributed by atoms with Gasteiger partial charge in [0.05, 0.1) is 17.5 Å². The molecule has 2 unspecified atom stereocenters. The summed E-state index contributed by atoms with van der Waals surface area (Å²) >= 11 is 0. The Labute approximate surface area is 190 Å². The molecule has 8 heteroatoms. The minimum atomic E-state index is -0.951. The molecule has 2 atom stereocenters. The van der Waals surface area contributed by atoms with Crippen molar-refractivity contribution in [3.63, 3.8) is 0 Å². The molecule has 1 aliphatic rings. The Bertz CT molecular complexity index is 1280. The summed E-state index contributed by atoms with van der Waals surface area (Å²) in [5.74, 6) is -0.521. The summed E-state index contributed by atoms with van der Waals surface area (Å²) in [5, 5.41) is 10.5. The number of amides is 1. The van der Waals surface area contributed by atoms with Crippen LogP contribution in [0.1, 0.15) is 43.2 Å². The van der Waals surface area contributed by atoms with E-state index in [1.165, 1.54) is 0 Å². The Morgan fingerprint density at radius 1 is 1.15 bits per heavy atom. The second-order valence-electron chi connectivity index (χ2n) is 8.52. The van der Waals surface area contributed by atoms with E-state index in [1.807, 2.05) is 48.5 Å². The van der Waals surface area contributed by atoms with Gasteiger partial charge < -0.3 is 15.0 Å². The molecule has 0 saturated carbocycles. The van der Waals surface area contributed by atoms with Crippen molar-refractivity contribution in [3.05, 3.63) is 66.2 Å². The van der Waals surface area contributed by atoms with Crippen molar-refractivity contribution in [1.82, 2.24) is 24.8 Å². The van der Waals surface area contributed by atoms with Gasteiger partial charge in [-0.15, -0.1) is 0 Å². The standard InChI is InChI=1S/C25H25N5O3/c31-22(32)15-21(24-28-19-8-1-2-9-20(19)29-24)30-14-12-17(25(30)33)5-3-7-18-11-10-16-6-4-13-26-23(16)27-18/h1-2,4,6,8-11,13,17,21H,3,5,7,12,14-15H2,(H,28,29)(H,31,32). The number of aromatic nitrogens is 4. The monoisotopic (exact) mass is 443 g/mol. The van der Waals surface area contributed by atoms with Gasteiger partial charge >= 0.3 is 5.97 Å². The molecule has 4 aromatic rings. The Hall–Kier alpha value is -3.81. The Morgan fingerprint density at radius 2 is 2.03 bits per heavy atom. The first kappa shape index (κ1) is 21.1. The average Bonchev–Trinajstić information content (AvgIpc) is 3.41. The molecule has 1 aromatic carbocycles. The van der Waals surface area contributed by atoms with E-state index in [9.17, 15) is 14.7 Å². The largest absolute Gasteiger partial charge is 0.481 e. The number of carboxylic acid groups (broad SMARTS) is 1. The van der Waals surface area contributed by atoms with Crippen LogP contribution in [-0.4, -0.2) is 48.4 Å². The molecule has 3 aromatic heterocycles. The highest BCUT2D eigenvalue weighted by molar-refractivity contribution is 5.82. The van der Waals surface area contributed by atoms with Gasteiger partial charge in [0, 0.05) is 29.7 Å². The number of likely N-dealkylation sites (tertiary alicyclic amines) is 1. The van der Waals surface area contributed by atoms with E-state index in [0.29, 0.717) is 12.4 Å². The number of aliphatic carboxylic acids is 1. The minimum absolute atomic E-state index is 0.00911. The van der Waals surface area contributed by atoms with E-state index in [-0.39, 0.29) is 18.2 Å². The number of nitrogens with zero attached hydrogens (tertiary/aromatic N) is 4. The summed E-state index contributed by atoms with van der Waals surface area (Å²) in [5.41, 5.74) is 3.31. The molecular formula is C25H25N5O3. The zero-order valence-electron chi connectivity index (χ0n) is 18.1. The lowest BCUT2D eigenvalue weighted by atomic mass is 9.99. The average molecular weight is 444 g/mol. The van der Waals surface area contributed by atoms with Gasteiger partial charge in [-0.05, 0) is 62.1 Å². The van der Waals surface area contributed by atoms with E-state index < -0.39 is 12.0 Å². The fraction of sp³-hybridized carbons (Fsp3) is 0.320. The number of imidazole rings is 1. The van der Waals surface area contributed by atoms with Crippen molar-refractivity contribution in [2.45, 2.75) is 38.1 Å². The Balaban J connectivity index is 1.25. The molecule has 8 nitrogen and oxygen atoms in total. The summed E-state index contributed by atoms with van der Waals surface area (Å²) in [4.78, 5) is 43.2. The lowest BCUT2D eigenvalue weighted by Gasteiger charge is -2.25. The number of carboxylic acids is 1. The van der Waals surface area contributed by atoms with Crippen LogP contribution in [0.15, 0.2) is 54.7 Å². The number of nitrogens with one attached hydrogen (secondary N) is 1. The lowest BCUT2D eigenvalue weighted by Crippen LogP contribution is -2.34. The number of carbonyl (C=O) groups is 2. The van der Waals surface area contributed by atoms with Crippen molar-refractivity contribution >= 4 is 33.9 Å². The molecule has 5 rings (SSSR count). The molecule has 4 heterocycles. The highest BCUT2D eigenvalue weighted by Gasteiger charge is 2.38. The van der Waals surface area contributed by atoms with Crippen molar-refractivity contribution in [3.8, 4) is 0 Å². The zero-order chi connectivity index (χ0) is 22.8. The second-order valence-corrected chi connectivity index (χ2v) is 8.52. The fourth-order valence-corrected chi connectivity index (χ4v) is 4.65. The van der Waals surface area contributed by atoms with E-state index in [2.05, 4.69) is 19.9 Å². The Morgan fingerprint density at radius 3 is 2.88 bits per heavy atom. The molecular weight excluding hydrogens is 418 g/mol. The maximum atomic E-state index is 13.2. The maximum Gasteiger partial charge on any atom is 0.305 e. The molecule has 0 radical (unpaired) electrons. The highest BCUT2D eigenvalue weighted by Crippen LogP contribution is 2.33. The summed E-state index contributed by atoms with van der Waals surface area (Å²) in [6.07, 6.45) is 4.65. The van der Waals surface area contributed by atoms with Gasteiger partial charge in [0.25, 0.3) is 0 Å². The zero-order valence-corrected chi connectivity index (χ0v) is 18.1. The number of aryl methyl sites for hydroxylation is 1. The van der Waals surface area contributed by atoms with Crippen molar-refractivity contribution in [2.24, 2.45) is 5.92 Å². The van der Waals surface area contributed by atoms with Crippen LogP contribution in [0.2, 0.25) is 0 Å². The maximum absolute atomic E-state index is 13.2. The summed E-state index contributed by atoms with van der Waals surface area (Å²) in [6, 6.07) is 14.9. The normalized spacial score (nSPS) is 17.2. The number of para-hydroxylation sites is 2. The van der Waals surface area contributed by atoms with Crippen LogP contribution in [0.25, 0.3) is 22.1 Å². The van der Waals surface area contributed by atoms with Crippen LogP contribution in [0, 0.1) is 5.92 Å². The number of benzene rings is 1. The molecule has 2 N–H and O–H groups in total. The lowest BCUT2D eigenvalue weighted by molar-refractivity contribution is -0.140. The molecule has 0 bridgehead atoms. The molecule has 1 amide bonds. The van der Waals surface area contributed by atoms with Crippen LogP contribution >= 0.6 is 0 Å². The third-order valence-electron chi connectivity index (χ3n) is 6.33. The molecule has 33 heavy (non-hydrogen) atoms. The summed E-state index contributed by atoms with van der Waals surface area (Å²) in [7, 11) is 0. The van der Waals surface area contributed by atoms with Gasteiger partial charge in [0.1, 0.15) is 11.9 Å². The second kappa shape index (κ2) is 8.97. The van der Waals surface area contributed by atoms with E-state index in [4.69, 9.17) is 0 Å². The topological polar surface area (TPSA) is 112 Å². The van der Waals surface area contributed by atoms with E-state index in [0.717, 1.165) is 53.4 Å². The quantitative estimate of drug-likeness (QED) is 0.427. The number of fused-ring (bicyclic) bond motifs is 2. The first-order valence-corrected chi connectivity index (χ1v) is 11.3. The van der Waals surface area contributed by atoms with Crippen LogP contribution in [0.3, 0.4) is 0 Å². The molecule has 0 spiro atoms. The number of rotatable bonds is 8. The van der Waals surface area contributed by atoms with Gasteiger partial charge in [-0.1, -0.05) is 12.1 Å². The molecule has 1 aliphatic heterocycles. The van der Waals surface area contributed by atoms with Crippen LogP contribution in [0.5, 0.6) is 0 Å². The fourth-order valence-electron chi connectivity index (χ4n) is 4.65. The van der Waals surface area contributed by atoms with Crippen LogP contribution < -0.4 is 0 Å². The van der Waals surface area contributed by atoms with Gasteiger partial charge in [0.15, 0.2) is 5.65 Å². The molecule has 1 fully saturated rings. The van der Waals surface area contributed by atoms with Gasteiger partial charge in [-0.3, -0.25) is 9.59 Å². The Kier molecular flexibility index (Phi) is 5.73. The number of aromatic amines is 1. The summed E-state index contributed by atoms with van der Waals surface area (Å²) in [6.45, 7) is 0.538. The third-order valence-corrected chi connectivity index (χ3v) is 6.33. The minimum Gasteiger partial charge on any atom is -0.481 e. The molecule has 0 aliphatic carbocycles. The highest BCUT2D eigenvalue weighted by atomic mass is 16.4. The first-order chi connectivity index (χ1) is 16.1. The third kappa shape index (κ3) is 4.41. The number of hydrogen-bond donors (Lipinski definition) is 2. The first-order valence-electron chi connectivity index (χ1n) is 11.3. The number of pyridine rings is 2. The van der Waals surface area contributed by atoms with Gasteiger partial charge in [-0.25, -0.2) is 15.0 Å². The van der Waals surface area contributed by atoms with Gasteiger partial charge in [-0.2, -0.15) is 0 Å². The van der Waals surface area contributed by atoms with E-state index >= 15 is 0 Å². The number of hydrogen-bond acceptors (Lipinski definition) is 5. The SMILES string of the molecule is O=C(O)CC(c1nc2ccccc2[nH]1)N1CCC(CCCc2ccc3cccnc3n2)C1=O. The predicted octanol–water partition coefficient (Wildman–Crippen LogP) is 3.89. The van der Waals surface area contributed by atoms with E-state index in [1.54, 1.807) is 11.1 Å². The van der Waals surface area contributed by atoms with Crippen LogP contribution in [0.4, 0.5) is 0 Å². The van der Waals surface area contributed by atoms with Crippen molar-refractivity contribution in [2.75, 3.05) is 6.54 Å². The predicted molar refractivity (Wildman–Crippen MR) is 123 cm³/mol. The molecule has 1 saturated heterocycles. The number of carbonyl (C=O) groups excluding carboxylic acids is 1. The van der Waals surface area contributed by atoms with Crippen molar-refractivity contribution < 1.29 is 14.7 Å². The number of H-pyrrole nitrogens is 1. The van der Waals surface area contributed by atoms with Crippen molar-refractivity contribution in [1.29, 1.82) is 0 Å².